The van der Waals surface area contributed by atoms with Gasteiger partial charge in [-0.25, -0.2) is 4.98 Å². The van der Waals surface area contributed by atoms with Gasteiger partial charge < -0.3 is 5.32 Å². The maximum atomic E-state index is 4.59. The third-order valence-electron chi connectivity index (χ3n) is 4.22. The number of nitrogens with zero attached hydrogens (tertiary/aromatic N) is 2. The van der Waals surface area contributed by atoms with Gasteiger partial charge in [0.05, 0.1) is 0 Å². The quantitative estimate of drug-likeness (QED) is 0.876. The van der Waals surface area contributed by atoms with Crippen LogP contribution in [0.4, 0.5) is 5.82 Å². The number of hydrogen-bond acceptors (Lipinski definition) is 3. The lowest BCUT2D eigenvalue weighted by Crippen LogP contribution is -2.34. The Morgan fingerprint density at radius 3 is 2.84 bits per heavy atom. The van der Waals surface area contributed by atoms with Crippen LogP contribution >= 0.6 is 0 Å². The molecule has 0 amide bonds. The Hall–Kier alpha value is -1.09. The molecule has 1 atom stereocenters. The summed E-state index contributed by atoms with van der Waals surface area (Å²) < 4.78 is 0. The number of hydrogen-bond donors (Lipinski definition) is 1. The molecule has 1 saturated carbocycles. The Morgan fingerprint density at radius 1 is 1.26 bits per heavy atom. The van der Waals surface area contributed by atoms with Crippen molar-refractivity contribution < 1.29 is 0 Å². The molecule has 2 heterocycles. The van der Waals surface area contributed by atoms with Crippen molar-refractivity contribution in [3.05, 3.63) is 23.9 Å². The first-order chi connectivity index (χ1) is 9.36. The zero-order valence-corrected chi connectivity index (χ0v) is 11.9. The van der Waals surface area contributed by atoms with Crippen molar-refractivity contribution in [2.24, 2.45) is 0 Å². The number of nitrogens with one attached hydrogen (secondary N) is 1. The van der Waals surface area contributed by atoms with Crippen molar-refractivity contribution in [2.75, 3.05) is 18.4 Å². The van der Waals surface area contributed by atoms with Crippen molar-refractivity contribution in [1.82, 2.24) is 9.88 Å². The lowest BCUT2D eigenvalue weighted by molar-refractivity contribution is 0.149. The van der Waals surface area contributed by atoms with E-state index >= 15 is 0 Å². The van der Waals surface area contributed by atoms with Gasteiger partial charge in [-0.05, 0) is 56.8 Å². The van der Waals surface area contributed by atoms with Crippen molar-refractivity contribution in [2.45, 2.75) is 57.5 Å². The van der Waals surface area contributed by atoms with E-state index in [1.54, 1.807) is 0 Å². The van der Waals surface area contributed by atoms with Gasteiger partial charge in [0.1, 0.15) is 5.82 Å². The van der Waals surface area contributed by atoms with Gasteiger partial charge in [-0.2, -0.15) is 0 Å². The zero-order chi connectivity index (χ0) is 13.1. The molecule has 2 fully saturated rings. The molecular formula is C16H25N3. The Bertz CT molecular complexity index is 395. The van der Waals surface area contributed by atoms with E-state index in [0.717, 1.165) is 5.82 Å². The second kappa shape index (κ2) is 5.91. The predicted molar refractivity (Wildman–Crippen MR) is 79.3 cm³/mol. The minimum absolute atomic E-state index is 0.594. The van der Waals surface area contributed by atoms with Gasteiger partial charge in [0.25, 0.3) is 0 Å². The molecule has 19 heavy (non-hydrogen) atoms. The summed E-state index contributed by atoms with van der Waals surface area (Å²) in [5, 5.41) is 3.46. The van der Waals surface area contributed by atoms with Crippen LogP contribution in [0.15, 0.2) is 18.3 Å². The zero-order valence-electron chi connectivity index (χ0n) is 11.9. The first-order valence-corrected chi connectivity index (χ1v) is 7.83. The molecule has 1 aromatic rings. The molecule has 0 bridgehead atoms. The average Bonchev–Trinajstić information content (AvgIpc) is 3.25. The summed E-state index contributed by atoms with van der Waals surface area (Å²) in [7, 11) is 0. The molecule has 3 rings (SSSR count). The highest BCUT2D eigenvalue weighted by molar-refractivity contribution is 5.38. The van der Waals surface area contributed by atoms with E-state index < -0.39 is 0 Å². The monoisotopic (exact) mass is 259 g/mol. The largest absolute Gasteiger partial charge is 0.367 e. The maximum absolute atomic E-state index is 4.59. The highest BCUT2D eigenvalue weighted by Crippen LogP contribution is 2.31. The molecule has 1 saturated heterocycles. The Labute approximate surface area is 116 Å². The van der Waals surface area contributed by atoms with Crippen LogP contribution in [0.2, 0.25) is 0 Å². The van der Waals surface area contributed by atoms with Gasteiger partial charge in [-0.15, -0.1) is 0 Å². The van der Waals surface area contributed by atoms with Gasteiger partial charge in [-0.3, -0.25) is 4.90 Å². The molecule has 1 aliphatic heterocycles. The van der Waals surface area contributed by atoms with Crippen molar-refractivity contribution in [3.8, 4) is 0 Å². The average molecular weight is 259 g/mol. The van der Waals surface area contributed by atoms with Crippen LogP contribution in [0.3, 0.4) is 0 Å². The Kier molecular flexibility index (Phi) is 4.02. The third-order valence-corrected chi connectivity index (χ3v) is 4.22. The summed E-state index contributed by atoms with van der Waals surface area (Å²) >= 11 is 0. The fourth-order valence-electron chi connectivity index (χ4n) is 3.05. The summed E-state index contributed by atoms with van der Waals surface area (Å²) in [5.74, 6) is 1.05. The fourth-order valence-corrected chi connectivity index (χ4v) is 3.05. The summed E-state index contributed by atoms with van der Waals surface area (Å²) in [5.41, 5.74) is 1.40. The van der Waals surface area contributed by atoms with Gasteiger partial charge in [-0.1, -0.05) is 19.4 Å². The van der Waals surface area contributed by atoms with Crippen LogP contribution in [0.1, 0.15) is 57.1 Å². The number of likely N-dealkylation sites (tertiary alicyclic amines) is 1. The van der Waals surface area contributed by atoms with E-state index in [1.807, 2.05) is 0 Å². The topological polar surface area (TPSA) is 28.2 Å². The molecule has 0 aromatic carbocycles. The van der Waals surface area contributed by atoms with Crippen molar-refractivity contribution in [1.29, 1.82) is 0 Å². The van der Waals surface area contributed by atoms with E-state index in [1.165, 1.54) is 57.2 Å². The summed E-state index contributed by atoms with van der Waals surface area (Å²) in [6.07, 6.45) is 9.93. The SMILES string of the molecule is CCCN1CCCC[C@@H]1c1ccc(NC2CC2)nc1. The van der Waals surface area contributed by atoms with Gasteiger partial charge in [0.15, 0.2) is 0 Å². The highest BCUT2D eigenvalue weighted by atomic mass is 15.2. The first-order valence-electron chi connectivity index (χ1n) is 7.83. The smallest absolute Gasteiger partial charge is 0.126 e. The minimum Gasteiger partial charge on any atom is -0.367 e. The van der Waals surface area contributed by atoms with Gasteiger partial charge >= 0.3 is 0 Å². The molecule has 1 aromatic heterocycles. The molecule has 104 valence electrons. The Morgan fingerprint density at radius 2 is 2.16 bits per heavy atom. The van der Waals surface area contributed by atoms with E-state index in [2.05, 4.69) is 40.5 Å². The van der Waals surface area contributed by atoms with Crippen LogP contribution in [0.25, 0.3) is 0 Å². The third kappa shape index (κ3) is 3.27. The van der Waals surface area contributed by atoms with Crippen LogP contribution < -0.4 is 5.32 Å². The predicted octanol–water partition coefficient (Wildman–Crippen LogP) is 3.59. The maximum Gasteiger partial charge on any atom is 0.126 e. The molecule has 0 radical (unpaired) electrons. The summed E-state index contributed by atoms with van der Waals surface area (Å²) in [6, 6.07) is 5.71. The fraction of sp³-hybridized carbons (Fsp3) is 0.688. The Balaban J connectivity index is 1.68. The van der Waals surface area contributed by atoms with Crippen LogP contribution in [0.5, 0.6) is 0 Å². The molecule has 3 heteroatoms. The molecule has 0 spiro atoms. The van der Waals surface area contributed by atoms with Gasteiger partial charge in [0, 0.05) is 18.3 Å². The first kappa shape index (κ1) is 12.9. The number of anilines is 1. The molecule has 2 aliphatic rings. The van der Waals surface area contributed by atoms with Crippen LogP contribution in [-0.2, 0) is 0 Å². The highest BCUT2D eigenvalue weighted by Gasteiger charge is 2.24. The van der Waals surface area contributed by atoms with Crippen molar-refractivity contribution in [3.63, 3.8) is 0 Å². The van der Waals surface area contributed by atoms with Gasteiger partial charge in [0.2, 0.25) is 0 Å². The molecule has 1 aliphatic carbocycles. The number of rotatable bonds is 5. The molecule has 0 unspecified atom stereocenters. The molecular weight excluding hydrogens is 234 g/mol. The minimum atomic E-state index is 0.594. The van der Waals surface area contributed by atoms with E-state index in [4.69, 9.17) is 0 Å². The lowest BCUT2D eigenvalue weighted by Gasteiger charge is -2.35. The lowest BCUT2D eigenvalue weighted by atomic mass is 9.96. The summed E-state index contributed by atoms with van der Waals surface area (Å²) in [4.78, 5) is 7.22. The second-order valence-electron chi connectivity index (χ2n) is 5.94. The second-order valence-corrected chi connectivity index (χ2v) is 5.94. The number of aromatic nitrogens is 1. The van der Waals surface area contributed by atoms with Crippen LogP contribution in [-0.4, -0.2) is 29.0 Å². The van der Waals surface area contributed by atoms with Crippen molar-refractivity contribution >= 4 is 5.82 Å². The van der Waals surface area contributed by atoms with Crippen LogP contribution in [0, 0.1) is 0 Å². The van der Waals surface area contributed by atoms with E-state index in [0.29, 0.717) is 12.1 Å². The summed E-state index contributed by atoms with van der Waals surface area (Å²) in [6.45, 7) is 4.74. The standard InChI is InChI=1S/C16H25N3/c1-2-10-19-11-4-3-5-15(19)13-6-9-16(17-12-13)18-14-7-8-14/h6,9,12,14-15H,2-5,7-8,10-11H2,1H3,(H,17,18)/t15-/m1/s1. The normalized spacial score (nSPS) is 24.4. The number of piperidine rings is 1. The molecule has 1 N–H and O–H groups in total. The molecule has 3 nitrogen and oxygen atoms in total. The van der Waals surface area contributed by atoms with E-state index in [9.17, 15) is 0 Å². The van der Waals surface area contributed by atoms with E-state index in [-0.39, 0.29) is 0 Å². The number of pyridine rings is 1.